The van der Waals surface area contributed by atoms with E-state index >= 15 is 0 Å². The Hall–Kier alpha value is -2.79. The van der Waals surface area contributed by atoms with Crippen LogP contribution >= 0.6 is 11.3 Å². The van der Waals surface area contributed by atoms with E-state index in [1.165, 1.54) is 11.1 Å². The van der Waals surface area contributed by atoms with Crippen molar-refractivity contribution in [1.82, 2.24) is 15.0 Å². The molecule has 0 aliphatic heterocycles. The SMILES string of the molecule is c1cncc(-c2ccc(CNc3ncnc4sccc34)cc2)c1. The third-order valence-corrected chi connectivity index (χ3v) is 4.49. The van der Waals surface area contributed by atoms with Crippen LogP contribution in [-0.4, -0.2) is 15.0 Å². The molecule has 0 aliphatic carbocycles. The predicted molar refractivity (Wildman–Crippen MR) is 94.4 cm³/mol. The molecular weight excluding hydrogens is 304 g/mol. The summed E-state index contributed by atoms with van der Waals surface area (Å²) >= 11 is 1.63. The highest BCUT2D eigenvalue weighted by Gasteiger charge is 2.04. The van der Waals surface area contributed by atoms with Gasteiger partial charge in [0.15, 0.2) is 0 Å². The fraction of sp³-hybridized carbons (Fsp3) is 0.0556. The first kappa shape index (κ1) is 13.8. The summed E-state index contributed by atoms with van der Waals surface area (Å²) in [5.74, 6) is 0.882. The molecule has 0 saturated carbocycles. The molecule has 0 aliphatic rings. The van der Waals surface area contributed by atoms with E-state index in [9.17, 15) is 0 Å². The zero-order valence-electron chi connectivity index (χ0n) is 12.3. The van der Waals surface area contributed by atoms with Crippen molar-refractivity contribution in [2.24, 2.45) is 0 Å². The van der Waals surface area contributed by atoms with Crippen LogP contribution in [0.5, 0.6) is 0 Å². The molecular formula is C18H14N4S. The number of nitrogens with one attached hydrogen (secondary N) is 1. The number of hydrogen-bond donors (Lipinski definition) is 1. The molecule has 3 heterocycles. The number of rotatable bonds is 4. The normalized spacial score (nSPS) is 10.8. The number of benzene rings is 1. The molecule has 1 aromatic carbocycles. The van der Waals surface area contributed by atoms with E-state index < -0.39 is 0 Å². The summed E-state index contributed by atoms with van der Waals surface area (Å²) in [6.45, 7) is 0.731. The molecule has 0 radical (unpaired) electrons. The monoisotopic (exact) mass is 318 g/mol. The first-order valence-electron chi connectivity index (χ1n) is 7.31. The van der Waals surface area contributed by atoms with E-state index in [-0.39, 0.29) is 0 Å². The topological polar surface area (TPSA) is 50.7 Å². The summed E-state index contributed by atoms with van der Waals surface area (Å²) < 4.78 is 0. The fourth-order valence-electron chi connectivity index (χ4n) is 2.47. The number of aromatic nitrogens is 3. The zero-order chi connectivity index (χ0) is 15.5. The summed E-state index contributed by atoms with van der Waals surface area (Å²) in [5.41, 5.74) is 3.51. The lowest BCUT2D eigenvalue weighted by Gasteiger charge is -2.07. The number of nitrogens with zero attached hydrogens (tertiary/aromatic N) is 3. The van der Waals surface area contributed by atoms with Gasteiger partial charge in [0.1, 0.15) is 17.0 Å². The molecule has 4 nitrogen and oxygen atoms in total. The first-order valence-corrected chi connectivity index (χ1v) is 8.19. The van der Waals surface area contributed by atoms with Crippen LogP contribution in [0.25, 0.3) is 21.3 Å². The highest BCUT2D eigenvalue weighted by Crippen LogP contribution is 2.24. The van der Waals surface area contributed by atoms with Gasteiger partial charge in [-0.15, -0.1) is 11.3 Å². The number of thiophene rings is 1. The van der Waals surface area contributed by atoms with Crippen molar-refractivity contribution in [2.75, 3.05) is 5.32 Å². The van der Waals surface area contributed by atoms with Gasteiger partial charge in [-0.25, -0.2) is 9.97 Å². The minimum Gasteiger partial charge on any atom is -0.365 e. The lowest BCUT2D eigenvalue weighted by Crippen LogP contribution is -2.01. The van der Waals surface area contributed by atoms with Crippen molar-refractivity contribution in [3.8, 4) is 11.1 Å². The van der Waals surface area contributed by atoms with Crippen molar-refractivity contribution in [1.29, 1.82) is 0 Å². The van der Waals surface area contributed by atoms with Crippen LogP contribution in [-0.2, 0) is 6.54 Å². The van der Waals surface area contributed by atoms with Crippen LogP contribution in [0.4, 0.5) is 5.82 Å². The molecule has 4 rings (SSSR count). The van der Waals surface area contributed by atoms with Gasteiger partial charge in [-0.3, -0.25) is 4.98 Å². The van der Waals surface area contributed by atoms with Gasteiger partial charge >= 0.3 is 0 Å². The summed E-state index contributed by atoms with van der Waals surface area (Å²) in [4.78, 5) is 13.8. The van der Waals surface area contributed by atoms with E-state index in [0.29, 0.717) is 0 Å². The van der Waals surface area contributed by atoms with Crippen molar-refractivity contribution in [3.05, 3.63) is 72.1 Å². The smallest absolute Gasteiger partial charge is 0.138 e. The molecule has 1 N–H and O–H groups in total. The molecule has 0 saturated heterocycles. The van der Waals surface area contributed by atoms with Crippen molar-refractivity contribution < 1.29 is 0 Å². The Labute approximate surface area is 137 Å². The summed E-state index contributed by atoms with van der Waals surface area (Å²) in [5, 5.41) is 6.50. The standard InChI is InChI=1S/C18H14N4S/c1-2-15(11-19-8-1)14-5-3-13(4-6-14)10-20-17-16-7-9-23-18(16)22-12-21-17/h1-9,11-12H,10H2,(H,20,21,22). The Morgan fingerprint density at radius 3 is 2.70 bits per heavy atom. The summed E-state index contributed by atoms with van der Waals surface area (Å²) in [6, 6.07) is 14.6. The van der Waals surface area contributed by atoms with Gasteiger partial charge in [-0.05, 0) is 34.2 Å². The molecule has 0 bridgehead atoms. The molecule has 23 heavy (non-hydrogen) atoms. The highest BCUT2D eigenvalue weighted by atomic mass is 32.1. The van der Waals surface area contributed by atoms with E-state index in [2.05, 4.69) is 50.6 Å². The minimum atomic E-state index is 0.731. The number of pyridine rings is 1. The summed E-state index contributed by atoms with van der Waals surface area (Å²) in [7, 11) is 0. The highest BCUT2D eigenvalue weighted by molar-refractivity contribution is 7.16. The van der Waals surface area contributed by atoms with E-state index in [4.69, 9.17) is 0 Å². The average molecular weight is 318 g/mol. The number of hydrogen-bond acceptors (Lipinski definition) is 5. The van der Waals surface area contributed by atoms with Gasteiger partial charge in [0, 0.05) is 18.9 Å². The largest absolute Gasteiger partial charge is 0.365 e. The third-order valence-electron chi connectivity index (χ3n) is 3.67. The Balaban J connectivity index is 1.50. The third kappa shape index (κ3) is 2.91. The molecule has 4 aromatic rings. The van der Waals surface area contributed by atoms with Gasteiger partial charge in [-0.2, -0.15) is 0 Å². The Morgan fingerprint density at radius 2 is 1.87 bits per heavy atom. The quantitative estimate of drug-likeness (QED) is 0.607. The van der Waals surface area contributed by atoms with E-state index in [1.807, 2.05) is 23.7 Å². The van der Waals surface area contributed by atoms with Crippen LogP contribution in [0.15, 0.2) is 66.6 Å². The second-order valence-corrected chi connectivity index (χ2v) is 6.05. The van der Waals surface area contributed by atoms with Crippen LogP contribution in [0.1, 0.15) is 5.56 Å². The second-order valence-electron chi connectivity index (χ2n) is 5.15. The van der Waals surface area contributed by atoms with Crippen molar-refractivity contribution in [2.45, 2.75) is 6.54 Å². The first-order chi connectivity index (χ1) is 11.4. The molecule has 0 spiro atoms. The second kappa shape index (κ2) is 6.14. The molecule has 112 valence electrons. The van der Waals surface area contributed by atoms with Crippen LogP contribution < -0.4 is 5.32 Å². The van der Waals surface area contributed by atoms with Crippen LogP contribution in [0.2, 0.25) is 0 Å². The fourth-order valence-corrected chi connectivity index (χ4v) is 3.20. The van der Waals surface area contributed by atoms with Gasteiger partial charge in [0.2, 0.25) is 0 Å². The van der Waals surface area contributed by atoms with Gasteiger partial charge in [0.05, 0.1) is 5.39 Å². The summed E-state index contributed by atoms with van der Waals surface area (Å²) in [6.07, 6.45) is 5.27. The lowest BCUT2D eigenvalue weighted by molar-refractivity contribution is 1.11. The lowest BCUT2D eigenvalue weighted by atomic mass is 10.1. The van der Waals surface area contributed by atoms with Gasteiger partial charge in [-0.1, -0.05) is 30.3 Å². The minimum absolute atomic E-state index is 0.731. The van der Waals surface area contributed by atoms with Crippen LogP contribution in [0, 0.1) is 0 Å². The van der Waals surface area contributed by atoms with E-state index in [1.54, 1.807) is 23.9 Å². The Kier molecular flexibility index (Phi) is 3.70. The Bertz CT molecular complexity index is 917. The maximum atomic E-state index is 4.34. The van der Waals surface area contributed by atoms with Gasteiger partial charge in [0.25, 0.3) is 0 Å². The van der Waals surface area contributed by atoms with Gasteiger partial charge < -0.3 is 5.32 Å². The molecule has 0 unspecified atom stereocenters. The van der Waals surface area contributed by atoms with Crippen molar-refractivity contribution >= 4 is 27.4 Å². The molecule has 0 fully saturated rings. The Morgan fingerprint density at radius 1 is 0.957 bits per heavy atom. The molecule has 0 atom stereocenters. The number of fused-ring (bicyclic) bond motifs is 1. The maximum Gasteiger partial charge on any atom is 0.138 e. The van der Waals surface area contributed by atoms with Crippen molar-refractivity contribution in [3.63, 3.8) is 0 Å². The average Bonchev–Trinajstić information content (AvgIpc) is 3.10. The predicted octanol–water partition coefficient (Wildman–Crippen LogP) is 4.37. The molecule has 5 heteroatoms. The van der Waals surface area contributed by atoms with Crippen LogP contribution in [0.3, 0.4) is 0 Å². The number of anilines is 1. The molecule has 0 amide bonds. The molecule has 3 aromatic heterocycles. The maximum absolute atomic E-state index is 4.34. The van der Waals surface area contributed by atoms with E-state index in [0.717, 1.165) is 28.1 Å². The zero-order valence-corrected chi connectivity index (χ0v) is 13.1.